The van der Waals surface area contributed by atoms with Crippen LogP contribution >= 0.6 is 0 Å². The summed E-state index contributed by atoms with van der Waals surface area (Å²) in [6, 6.07) is 24.5. The summed E-state index contributed by atoms with van der Waals surface area (Å²) >= 11 is 0. The zero-order chi connectivity index (χ0) is 29.4. The van der Waals surface area contributed by atoms with Crippen LogP contribution in [-0.2, 0) is 16.6 Å². The number of aryl methyl sites for hydroxylation is 1. The molecule has 210 valence electrons. The summed E-state index contributed by atoms with van der Waals surface area (Å²) in [5.74, 6) is -0.598. The molecule has 1 aliphatic heterocycles. The first-order chi connectivity index (χ1) is 20.2. The minimum atomic E-state index is -3.91. The van der Waals surface area contributed by atoms with Gasteiger partial charge in [-0.25, -0.2) is 17.9 Å². The standard InChI is InChI=1S/C31H25N5O5S/c1-19-5-2-3-8-24(19)30-25-11-9-20(16-28(25)41-29-17-22(32)10-12-26(29)30)27-18-36(35-34-27)14-13-33-42(39,40)23-7-4-6-21(15-23)31(37)38/h2-12,15-18,32-33H,13-14H2,1H3,(H,37,38). The summed E-state index contributed by atoms with van der Waals surface area (Å²) in [5.41, 5.74) is 6.02. The Morgan fingerprint density at radius 3 is 2.64 bits per heavy atom. The highest BCUT2D eigenvalue weighted by molar-refractivity contribution is 7.89. The third kappa shape index (κ3) is 5.18. The van der Waals surface area contributed by atoms with E-state index in [2.05, 4.69) is 34.1 Å². The normalized spacial score (nSPS) is 11.7. The molecule has 42 heavy (non-hydrogen) atoms. The highest BCUT2D eigenvalue weighted by atomic mass is 32.2. The van der Waals surface area contributed by atoms with Gasteiger partial charge in [-0.3, -0.25) is 4.68 Å². The molecule has 10 nitrogen and oxygen atoms in total. The Hall–Kier alpha value is -5.13. The number of benzene rings is 4. The number of aromatic carboxylic acids is 1. The zero-order valence-corrected chi connectivity index (χ0v) is 23.2. The van der Waals surface area contributed by atoms with Gasteiger partial charge in [0, 0.05) is 34.7 Å². The Morgan fingerprint density at radius 2 is 1.83 bits per heavy atom. The Bertz CT molecular complexity index is 2120. The summed E-state index contributed by atoms with van der Waals surface area (Å²) < 4.78 is 35.6. The molecule has 0 unspecified atom stereocenters. The number of aromatic nitrogens is 3. The number of nitrogens with zero attached hydrogens (tertiary/aromatic N) is 3. The van der Waals surface area contributed by atoms with Gasteiger partial charge >= 0.3 is 5.97 Å². The smallest absolute Gasteiger partial charge is 0.335 e. The fraction of sp³-hybridized carbons (Fsp3) is 0.0968. The molecule has 0 radical (unpaired) electrons. The van der Waals surface area contributed by atoms with Gasteiger partial charge in [0.15, 0.2) is 0 Å². The molecule has 0 bridgehead atoms. The van der Waals surface area contributed by atoms with E-state index in [0.29, 0.717) is 22.4 Å². The van der Waals surface area contributed by atoms with Crippen molar-refractivity contribution in [1.29, 1.82) is 5.41 Å². The number of sulfonamides is 1. The molecule has 6 rings (SSSR count). The highest BCUT2D eigenvalue weighted by Gasteiger charge is 2.19. The predicted molar refractivity (Wildman–Crippen MR) is 156 cm³/mol. The molecular weight excluding hydrogens is 554 g/mol. The van der Waals surface area contributed by atoms with Crippen molar-refractivity contribution < 1.29 is 22.7 Å². The van der Waals surface area contributed by atoms with Gasteiger partial charge in [0.2, 0.25) is 10.0 Å². The number of carboxylic acids is 1. The Labute approximate surface area is 240 Å². The van der Waals surface area contributed by atoms with Crippen LogP contribution in [0.2, 0.25) is 0 Å². The number of fused-ring (bicyclic) bond motifs is 2. The van der Waals surface area contributed by atoms with Crippen molar-refractivity contribution in [3.63, 3.8) is 0 Å². The Morgan fingerprint density at radius 1 is 1.00 bits per heavy atom. The molecule has 1 aromatic heterocycles. The van der Waals surface area contributed by atoms with E-state index in [0.717, 1.165) is 39.3 Å². The second kappa shape index (κ2) is 10.7. The van der Waals surface area contributed by atoms with Crippen LogP contribution in [0.15, 0.2) is 100 Å². The lowest BCUT2D eigenvalue weighted by molar-refractivity contribution is 0.0696. The summed E-state index contributed by atoms with van der Waals surface area (Å²) in [7, 11) is -3.91. The summed E-state index contributed by atoms with van der Waals surface area (Å²) in [6.45, 7) is 2.30. The van der Waals surface area contributed by atoms with Crippen molar-refractivity contribution in [2.45, 2.75) is 18.4 Å². The number of nitrogens with one attached hydrogen (secondary N) is 2. The third-order valence-electron chi connectivity index (χ3n) is 6.99. The first kappa shape index (κ1) is 27.1. The maximum atomic E-state index is 12.6. The SMILES string of the molecule is Cc1ccccc1-c1c2ccc(=N)cc-2oc2cc(-c3cn(CCNS(=O)(=O)c4cccc(C(=O)O)c4)nn3)ccc12. The molecule has 2 heterocycles. The monoisotopic (exact) mass is 579 g/mol. The van der Waals surface area contributed by atoms with Crippen molar-refractivity contribution in [3.05, 3.63) is 108 Å². The lowest BCUT2D eigenvalue weighted by atomic mass is 9.91. The van der Waals surface area contributed by atoms with E-state index < -0.39 is 16.0 Å². The minimum absolute atomic E-state index is 0.0245. The molecule has 2 aliphatic rings. The van der Waals surface area contributed by atoms with Gasteiger partial charge < -0.3 is 14.9 Å². The topological polar surface area (TPSA) is 151 Å². The van der Waals surface area contributed by atoms with Crippen molar-refractivity contribution in [3.8, 4) is 33.7 Å². The van der Waals surface area contributed by atoms with Crippen LogP contribution in [-0.4, -0.2) is 41.0 Å². The number of carboxylic acid groups (broad SMARTS) is 1. The van der Waals surface area contributed by atoms with Crippen LogP contribution in [0.25, 0.3) is 44.7 Å². The number of hydrogen-bond acceptors (Lipinski definition) is 7. The lowest BCUT2D eigenvalue weighted by Crippen LogP contribution is -2.27. The maximum absolute atomic E-state index is 12.6. The van der Waals surface area contributed by atoms with Crippen molar-refractivity contribution in [1.82, 2.24) is 19.7 Å². The van der Waals surface area contributed by atoms with Gasteiger partial charge in [0.05, 0.1) is 28.6 Å². The van der Waals surface area contributed by atoms with Crippen LogP contribution in [0.3, 0.4) is 0 Å². The minimum Gasteiger partial charge on any atom is -0.478 e. The quantitative estimate of drug-likeness (QED) is 0.216. The largest absolute Gasteiger partial charge is 0.478 e. The Kier molecular flexibility index (Phi) is 6.89. The van der Waals surface area contributed by atoms with E-state index in [9.17, 15) is 13.2 Å². The second-order valence-corrected chi connectivity index (χ2v) is 11.6. The molecule has 0 saturated heterocycles. The van der Waals surface area contributed by atoms with E-state index in [1.807, 2.05) is 36.4 Å². The van der Waals surface area contributed by atoms with Gasteiger partial charge in [0.1, 0.15) is 17.0 Å². The first-order valence-electron chi connectivity index (χ1n) is 13.0. The number of carbonyl (C=O) groups is 1. The zero-order valence-electron chi connectivity index (χ0n) is 22.4. The fourth-order valence-corrected chi connectivity index (χ4v) is 5.97. The van der Waals surface area contributed by atoms with Crippen molar-refractivity contribution in [2.24, 2.45) is 0 Å². The van der Waals surface area contributed by atoms with Crippen LogP contribution < -0.4 is 10.1 Å². The average molecular weight is 580 g/mol. The number of rotatable bonds is 8. The fourth-order valence-electron chi connectivity index (χ4n) is 4.91. The maximum Gasteiger partial charge on any atom is 0.335 e. The van der Waals surface area contributed by atoms with E-state index in [-0.39, 0.29) is 23.5 Å². The molecule has 0 amide bonds. The molecule has 0 atom stereocenters. The molecule has 0 spiro atoms. The van der Waals surface area contributed by atoms with E-state index in [4.69, 9.17) is 14.9 Å². The van der Waals surface area contributed by atoms with Crippen LogP contribution in [0.1, 0.15) is 15.9 Å². The molecule has 0 saturated carbocycles. The van der Waals surface area contributed by atoms with E-state index in [1.54, 1.807) is 18.3 Å². The molecular formula is C31H25N5O5S. The molecule has 0 fully saturated rings. The van der Waals surface area contributed by atoms with Crippen LogP contribution in [0.5, 0.6) is 0 Å². The molecule has 3 aromatic carbocycles. The van der Waals surface area contributed by atoms with Gasteiger partial charge in [-0.2, -0.15) is 0 Å². The van der Waals surface area contributed by atoms with Gasteiger partial charge in [-0.05, 0) is 60.5 Å². The average Bonchev–Trinajstić information content (AvgIpc) is 3.45. The van der Waals surface area contributed by atoms with Crippen LogP contribution in [0, 0.1) is 12.3 Å². The number of hydrogen-bond donors (Lipinski definition) is 3. The highest BCUT2D eigenvalue weighted by Crippen LogP contribution is 2.41. The summed E-state index contributed by atoms with van der Waals surface area (Å²) in [6.07, 6.45) is 1.71. The third-order valence-corrected chi connectivity index (χ3v) is 8.45. The van der Waals surface area contributed by atoms with E-state index >= 15 is 0 Å². The van der Waals surface area contributed by atoms with E-state index in [1.165, 1.54) is 22.9 Å². The molecule has 1 aliphatic carbocycles. The van der Waals surface area contributed by atoms with Gasteiger partial charge in [-0.1, -0.05) is 41.6 Å². The molecule has 4 aromatic rings. The van der Waals surface area contributed by atoms with Gasteiger partial charge in [0.25, 0.3) is 0 Å². The Balaban J connectivity index is 1.28. The predicted octanol–water partition coefficient (Wildman–Crippen LogP) is 4.93. The van der Waals surface area contributed by atoms with Crippen LogP contribution in [0.4, 0.5) is 0 Å². The summed E-state index contributed by atoms with van der Waals surface area (Å²) in [5, 5.41) is 26.9. The summed E-state index contributed by atoms with van der Waals surface area (Å²) in [4.78, 5) is 11.1. The second-order valence-electron chi connectivity index (χ2n) is 9.81. The lowest BCUT2D eigenvalue weighted by Gasteiger charge is -2.17. The molecule has 3 N–H and O–H groups in total. The van der Waals surface area contributed by atoms with Crippen molar-refractivity contribution in [2.75, 3.05) is 6.54 Å². The molecule has 11 heteroatoms. The van der Waals surface area contributed by atoms with Crippen molar-refractivity contribution >= 4 is 27.0 Å². The van der Waals surface area contributed by atoms with Gasteiger partial charge in [-0.15, -0.1) is 5.10 Å². The first-order valence-corrected chi connectivity index (χ1v) is 14.5.